The molecule has 0 aliphatic heterocycles. The molecule has 2 aromatic heterocycles. The van der Waals surface area contributed by atoms with Gasteiger partial charge in [-0.2, -0.15) is 0 Å². The van der Waals surface area contributed by atoms with Crippen LogP contribution < -0.4 is 17.0 Å². The molecule has 27 heavy (non-hydrogen) atoms. The van der Waals surface area contributed by atoms with Gasteiger partial charge in [0, 0.05) is 18.4 Å². The Morgan fingerprint density at radius 1 is 1.15 bits per heavy atom. The first kappa shape index (κ1) is 18.4. The van der Waals surface area contributed by atoms with Gasteiger partial charge in [-0.25, -0.2) is 9.78 Å². The number of carbonyl (C=O) groups excluding carboxylic acids is 1. The molecule has 3 aromatic rings. The molecule has 3 rings (SSSR count). The van der Waals surface area contributed by atoms with Crippen molar-refractivity contribution >= 4 is 22.7 Å². The molecule has 0 unspecified atom stereocenters. The van der Waals surface area contributed by atoms with Gasteiger partial charge in [0.15, 0.2) is 0 Å². The Morgan fingerprint density at radius 2 is 1.89 bits per heavy atom. The fourth-order valence-corrected chi connectivity index (χ4v) is 2.83. The molecule has 8 nitrogen and oxygen atoms in total. The molecule has 0 fully saturated rings. The monoisotopic (exact) mass is 368 g/mol. The number of nitrogen functional groups attached to an aromatic ring is 1. The van der Waals surface area contributed by atoms with Crippen LogP contribution in [0.2, 0.25) is 0 Å². The van der Waals surface area contributed by atoms with Crippen LogP contribution in [0.4, 0.5) is 5.69 Å². The van der Waals surface area contributed by atoms with E-state index in [0.717, 1.165) is 10.1 Å². The molecule has 0 saturated carbocycles. The number of esters is 1. The molecule has 140 valence electrons. The molecule has 0 aliphatic carbocycles. The van der Waals surface area contributed by atoms with Crippen LogP contribution in [0.15, 0.2) is 52.2 Å². The van der Waals surface area contributed by atoms with Crippen molar-refractivity contribution in [3.05, 3.63) is 69.0 Å². The molecule has 8 heteroatoms. The number of hydrogen-bond acceptors (Lipinski definition) is 6. The highest BCUT2D eigenvalue weighted by molar-refractivity contribution is 5.73. The molecule has 2 N–H and O–H groups in total. The van der Waals surface area contributed by atoms with Crippen LogP contribution in [0.5, 0.6) is 0 Å². The number of aromatic nitrogens is 3. The van der Waals surface area contributed by atoms with E-state index < -0.39 is 17.2 Å². The van der Waals surface area contributed by atoms with Crippen molar-refractivity contribution in [2.45, 2.75) is 26.4 Å². The number of benzene rings is 1. The maximum Gasteiger partial charge on any atom is 0.332 e. The van der Waals surface area contributed by atoms with Crippen molar-refractivity contribution in [1.29, 1.82) is 0 Å². The Bertz CT molecular complexity index is 1080. The predicted octanol–water partition coefficient (Wildman–Crippen LogP) is 1.14. The van der Waals surface area contributed by atoms with Crippen molar-refractivity contribution in [2.24, 2.45) is 0 Å². The van der Waals surface area contributed by atoms with Gasteiger partial charge in [-0.3, -0.25) is 18.7 Å². The number of pyridine rings is 1. The Kier molecular flexibility index (Phi) is 5.35. The van der Waals surface area contributed by atoms with Gasteiger partial charge in [0.05, 0.1) is 25.0 Å². The number of carbonyl (C=O) groups is 1. The SMILES string of the molecule is CCOC(=O)CCn1c(=O)c2cccnc2n(Cc2ccc(N)cc2)c1=O. The lowest BCUT2D eigenvalue weighted by atomic mass is 10.2. The molecule has 2 heterocycles. The average Bonchev–Trinajstić information content (AvgIpc) is 2.67. The number of anilines is 1. The van der Waals surface area contributed by atoms with Crippen molar-refractivity contribution < 1.29 is 9.53 Å². The van der Waals surface area contributed by atoms with Gasteiger partial charge in [-0.05, 0) is 36.8 Å². The smallest absolute Gasteiger partial charge is 0.332 e. The molecule has 0 bridgehead atoms. The summed E-state index contributed by atoms with van der Waals surface area (Å²) in [5.41, 5.74) is 6.48. The fraction of sp³-hybridized carbons (Fsp3) is 0.263. The summed E-state index contributed by atoms with van der Waals surface area (Å²) in [6.45, 7) is 2.12. The third-order valence-electron chi connectivity index (χ3n) is 4.14. The van der Waals surface area contributed by atoms with Crippen molar-refractivity contribution in [3.8, 4) is 0 Å². The second kappa shape index (κ2) is 7.86. The number of rotatable bonds is 6. The number of ether oxygens (including phenoxy) is 1. The summed E-state index contributed by atoms with van der Waals surface area (Å²) < 4.78 is 7.36. The zero-order valence-electron chi connectivity index (χ0n) is 14.9. The van der Waals surface area contributed by atoms with Crippen LogP contribution in [0.3, 0.4) is 0 Å². The molecular formula is C19H20N4O4. The van der Waals surface area contributed by atoms with E-state index in [1.807, 2.05) is 12.1 Å². The molecule has 0 radical (unpaired) electrons. The maximum absolute atomic E-state index is 13.0. The lowest BCUT2D eigenvalue weighted by Gasteiger charge is -2.13. The van der Waals surface area contributed by atoms with Crippen LogP contribution in [0.25, 0.3) is 11.0 Å². The van der Waals surface area contributed by atoms with Crippen LogP contribution in [0.1, 0.15) is 18.9 Å². The molecule has 0 atom stereocenters. The molecule has 1 aromatic carbocycles. The van der Waals surface area contributed by atoms with E-state index in [2.05, 4.69) is 4.98 Å². The first-order valence-corrected chi connectivity index (χ1v) is 8.59. The van der Waals surface area contributed by atoms with Gasteiger partial charge in [0.25, 0.3) is 5.56 Å². The first-order chi connectivity index (χ1) is 13.0. The molecule has 0 spiro atoms. The van der Waals surface area contributed by atoms with E-state index in [9.17, 15) is 14.4 Å². The largest absolute Gasteiger partial charge is 0.466 e. The number of fused-ring (bicyclic) bond motifs is 1. The highest BCUT2D eigenvalue weighted by Crippen LogP contribution is 2.10. The van der Waals surface area contributed by atoms with Crippen LogP contribution in [-0.2, 0) is 22.6 Å². The molecule has 0 aliphatic rings. The van der Waals surface area contributed by atoms with E-state index in [4.69, 9.17) is 10.5 Å². The lowest BCUT2D eigenvalue weighted by Crippen LogP contribution is -2.41. The zero-order valence-corrected chi connectivity index (χ0v) is 14.9. The lowest BCUT2D eigenvalue weighted by molar-refractivity contribution is -0.143. The zero-order chi connectivity index (χ0) is 19.4. The first-order valence-electron chi connectivity index (χ1n) is 8.59. The highest BCUT2D eigenvalue weighted by atomic mass is 16.5. The Hall–Kier alpha value is -3.42. The average molecular weight is 368 g/mol. The summed E-state index contributed by atoms with van der Waals surface area (Å²) in [6, 6.07) is 10.4. The second-order valence-corrected chi connectivity index (χ2v) is 6.00. The fourth-order valence-electron chi connectivity index (χ4n) is 2.83. The van der Waals surface area contributed by atoms with Gasteiger partial charge in [-0.1, -0.05) is 12.1 Å². The Morgan fingerprint density at radius 3 is 2.59 bits per heavy atom. The minimum Gasteiger partial charge on any atom is -0.466 e. The number of nitrogens with two attached hydrogens (primary N) is 1. The van der Waals surface area contributed by atoms with Crippen molar-refractivity contribution in [1.82, 2.24) is 14.1 Å². The van der Waals surface area contributed by atoms with E-state index in [1.54, 1.807) is 31.2 Å². The third-order valence-corrected chi connectivity index (χ3v) is 4.14. The van der Waals surface area contributed by atoms with Gasteiger partial charge in [0.2, 0.25) is 0 Å². The minimum atomic E-state index is -0.521. The summed E-state index contributed by atoms with van der Waals surface area (Å²) in [5, 5.41) is 0.316. The standard InChI is InChI=1S/C19H20N4O4/c1-2-27-16(24)9-11-22-18(25)15-4-3-10-21-17(15)23(19(22)26)12-13-5-7-14(20)8-6-13/h3-8,10H,2,9,11-12,20H2,1H3. The van der Waals surface area contributed by atoms with Crippen LogP contribution in [-0.4, -0.2) is 26.7 Å². The van der Waals surface area contributed by atoms with E-state index in [-0.39, 0.29) is 26.1 Å². The van der Waals surface area contributed by atoms with Gasteiger partial charge >= 0.3 is 11.7 Å². The summed E-state index contributed by atoms with van der Waals surface area (Å²) in [5.74, 6) is -0.458. The molecule has 0 amide bonds. The summed E-state index contributed by atoms with van der Waals surface area (Å²) in [7, 11) is 0. The second-order valence-electron chi connectivity index (χ2n) is 6.00. The summed E-state index contributed by atoms with van der Waals surface area (Å²) in [6.07, 6.45) is 1.47. The van der Waals surface area contributed by atoms with Crippen LogP contribution >= 0.6 is 0 Å². The normalized spacial score (nSPS) is 10.9. The van der Waals surface area contributed by atoms with Crippen LogP contribution in [0, 0.1) is 0 Å². The van der Waals surface area contributed by atoms with E-state index in [0.29, 0.717) is 16.7 Å². The highest BCUT2D eigenvalue weighted by Gasteiger charge is 2.15. The Labute approximate surface area is 154 Å². The van der Waals surface area contributed by atoms with Gasteiger partial charge in [0.1, 0.15) is 5.65 Å². The van der Waals surface area contributed by atoms with Crippen molar-refractivity contribution in [3.63, 3.8) is 0 Å². The minimum absolute atomic E-state index is 0.0525. The van der Waals surface area contributed by atoms with Gasteiger partial charge in [-0.15, -0.1) is 0 Å². The quantitative estimate of drug-likeness (QED) is 0.516. The van der Waals surface area contributed by atoms with E-state index >= 15 is 0 Å². The van der Waals surface area contributed by atoms with Crippen molar-refractivity contribution in [2.75, 3.05) is 12.3 Å². The predicted molar refractivity (Wildman–Crippen MR) is 101 cm³/mol. The van der Waals surface area contributed by atoms with Gasteiger partial charge < -0.3 is 10.5 Å². The summed E-state index contributed by atoms with van der Waals surface area (Å²) in [4.78, 5) is 41.5. The molecule has 0 saturated heterocycles. The summed E-state index contributed by atoms with van der Waals surface area (Å²) >= 11 is 0. The third kappa shape index (κ3) is 3.89. The maximum atomic E-state index is 13.0. The van der Waals surface area contributed by atoms with E-state index in [1.165, 1.54) is 10.8 Å². The molecular weight excluding hydrogens is 348 g/mol. The topological polar surface area (TPSA) is 109 Å². The number of nitrogens with zero attached hydrogens (tertiary/aromatic N) is 3. The number of hydrogen-bond donors (Lipinski definition) is 1. The Balaban J connectivity index is 2.08.